The summed E-state index contributed by atoms with van der Waals surface area (Å²) in [6.07, 6.45) is -0.233. The van der Waals surface area contributed by atoms with Crippen molar-refractivity contribution in [1.82, 2.24) is 4.98 Å². The average Bonchev–Trinajstić information content (AvgIpc) is 3.27. The maximum absolute atomic E-state index is 14.3. The van der Waals surface area contributed by atoms with Crippen LogP contribution < -0.4 is 0 Å². The Hall–Kier alpha value is -2.68. The first-order valence-corrected chi connectivity index (χ1v) is 10.3. The monoisotopic (exact) mass is 449 g/mol. The van der Waals surface area contributed by atoms with Gasteiger partial charge in [0.2, 0.25) is 0 Å². The smallest absolute Gasteiger partial charge is 0.337 e. The van der Waals surface area contributed by atoms with Crippen molar-refractivity contribution in [2.75, 3.05) is 0 Å². The highest BCUT2D eigenvalue weighted by molar-refractivity contribution is 7.20. The zero-order valence-electron chi connectivity index (χ0n) is 14.4. The molecular formula is C20H10ClF2NO3S2. The number of carboxylic acids is 1. The van der Waals surface area contributed by atoms with Crippen LogP contribution in [0.3, 0.4) is 0 Å². The number of aromatic nitrogens is 1. The average molecular weight is 450 g/mol. The van der Waals surface area contributed by atoms with Gasteiger partial charge in [0.05, 0.1) is 15.8 Å². The molecule has 0 fully saturated rings. The van der Waals surface area contributed by atoms with Gasteiger partial charge in [-0.1, -0.05) is 17.7 Å². The van der Waals surface area contributed by atoms with Gasteiger partial charge in [0.1, 0.15) is 11.6 Å². The van der Waals surface area contributed by atoms with Gasteiger partial charge in [-0.3, -0.25) is 4.79 Å². The van der Waals surface area contributed by atoms with Crippen molar-refractivity contribution in [3.63, 3.8) is 0 Å². The van der Waals surface area contributed by atoms with Crippen LogP contribution in [0.2, 0.25) is 5.02 Å². The van der Waals surface area contributed by atoms with Crippen LogP contribution in [-0.2, 0) is 6.42 Å². The Bertz CT molecular complexity index is 1280. The summed E-state index contributed by atoms with van der Waals surface area (Å²) < 4.78 is 28.4. The fraction of sp³-hybridized carbons (Fsp3) is 0.0500. The number of carboxylic acid groups (broad SMARTS) is 1. The minimum atomic E-state index is -1.27. The summed E-state index contributed by atoms with van der Waals surface area (Å²) in [5.74, 6) is -2.83. The first-order chi connectivity index (χ1) is 13.8. The first-order valence-electron chi connectivity index (χ1n) is 8.22. The third-order valence-corrected chi connectivity index (χ3v) is 6.57. The van der Waals surface area contributed by atoms with Crippen molar-refractivity contribution in [2.24, 2.45) is 0 Å². The summed E-state index contributed by atoms with van der Waals surface area (Å²) >= 11 is 7.73. The molecule has 0 saturated heterocycles. The number of hydrogen-bond acceptors (Lipinski definition) is 5. The number of nitrogens with zero attached hydrogens (tertiary/aromatic N) is 1. The lowest BCUT2D eigenvalue weighted by molar-refractivity contribution is 0.0697. The Labute approximate surface area is 176 Å². The van der Waals surface area contributed by atoms with E-state index < -0.39 is 23.4 Å². The van der Waals surface area contributed by atoms with E-state index >= 15 is 0 Å². The lowest BCUT2D eigenvalue weighted by atomic mass is 10.0. The molecule has 29 heavy (non-hydrogen) atoms. The van der Waals surface area contributed by atoms with Crippen LogP contribution in [0.25, 0.3) is 21.3 Å². The standard InChI is InChI=1S/C20H10ClF2NO3S2/c21-9-4-5-10(13(23)6-9)11-8-28-16(17(11)20(26)27)7-15(25)19-24-14-3-1-2-12(22)18(14)29-19/h1-6,8H,7H2,(H,26,27). The molecule has 4 aromatic rings. The van der Waals surface area contributed by atoms with Crippen LogP contribution in [0.1, 0.15) is 25.0 Å². The number of halogens is 3. The van der Waals surface area contributed by atoms with E-state index in [4.69, 9.17) is 11.6 Å². The number of Topliss-reactive ketones (excluding diaryl/α,β-unsaturated/α-hetero) is 1. The number of fused-ring (bicyclic) bond motifs is 1. The van der Waals surface area contributed by atoms with E-state index in [9.17, 15) is 23.5 Å². The highest BCUT2D eigenvalue weighted by Crippen LogP contribution is 2.35. The Morgan fingerprint density at radius 2 is 1.90 bits per heavy atom. The fourth-order valence-electron chi connectivity index (χ4n) is 2.92. The van der Waals surface area contributed by atoms with Gasteiger partial charge in [0.15, 0.2) is 10.8 Å². The maximum atomic E-state index is 14.3. The third kappa shape index (κ3) is 3.66. The Morgan fingerprint density at radius 1 is 1.10 bits per heavy atom. The number of thiophene rings is 1. The zero-order chi connectivity index (χ0) is 20.7. The molecule has 4 rings (SSSR count). The second kappa shape index (κ2) is 7.62. The molecule has 0 aliphatic carbocycles. The van der Waals surface area contributed by atoms with E-state index in [1.165, 1.54) is 29.6 Å². The van der Waals surface area contributed by atoms with Gasteiger partial charge in [-0.05, 0) is 35.7 Å². The van der Waals surface area contributed by atoms with Gasteiger partial charge >= 0.3 is 5.97 Å². The van der Waals surface area contributed by atoms with E-state index in [2.05, 4.69) is 4.98 Å². The summed E-state index contributed by atoms with van der Waals surface area (Å²) in [5, 5.41) is 11.4. The van der Waals surface area contributed by atoms with E-state index in [0.29, 0.717) is 5.52 Å². The second-order valence-corrected chi connectivity index (χ2v) is 8.48. The number of hydrogen-bond donors (Lipinski definition) is 1. The second-order valence-electron chi connectivity index (χ2n) is 6.08. The largest absolute Gasteiger partial charge is 0.478 e. The molecule has 0 unspecified atom stereocenters. The number of benzene rings is 2. The topological polar surface area (TPSA) is 67.3 Å². The number of thiazole rings is 1. The lowest BCUT2D eigenvalue weighted by Gasteiger charge is -2.05. The molecule has 0 aliphatic heterocycles. The zero-order valence-corrected chi connectivity index (χ0v) is 16.8. The number of carbonyl (C=O) groups excluding carboxylic acids is 1. The van der Waals surface area contributed by atoms with Gasteiger partial charge in [-0.2, -0.15) is 0 Å². The van der Waals surface area contributed by atoms with Gasteiger partial charge in [-0.15, -0.1) is 22.7 Å². The summed E-state index contributed by atoms with van der Waals surface area (Å²) in [6, 6.07) is 8.34. The maximum Gasteiger partial charge on any atom is 0.337 e. The summed E-state index contributed by atoms with van der Waals surface area (Å²) in [5.41, 5.74) is 0.488. The van der Waals surface area contributed by atoms with E-state index in [1.807, 2.05) is 0 Å². The predicted molar refractivity (Wildman–Crippen MR) is 109 cm³/mol. The number of ketones is 1. The van der Waals surface area contributed by atoms with Crippen molar-refractivity contribution in [3.8, 4) is 11.1 Å². The normalized spacial score (nSPS) is 11.1. The van der Waals surface area contributed by atoms with Gasteiger partial charge in [0, 0.05) is 27.4 Å². The highest BCUT2D eigenvalue weighted by Gasteiger charge is 2.24. The summed E-state index contributed by atoms with van der Waals surface area (Å²) in [4.78, 5) is 28.9. The molecule has 9 heteroatoms. The van der Waals surface area contributed by atoms with Crippen molar-refractivity contribution < 1.29 is 23.5 Å². The van der Waals surface area contributed by atoms with E-state index in [-0.39, 0.29) is 42.7 Å². The molecule has 0 amide bonds. The van der Waals surface area contributed by atoms with Crippen LogP contribution in [0.5, 0.6) is 0 Å². The third-order valence-electron chi connectivity index (χ3n) is 4.23. The molecule has 4 nitrogen and oxygen atoms in total. The molecule has 2 aromatic carbocycles. The molecule has 1 N–H and O–H groups in total. The molecule has 146 valence electrons. The molecule has 0 atom stereocenters. The van der Waals surface area contributed by atoms with E-state index in [1.54, 1.807) is 6.07 Å². The van der Waals surface area contributed by atoms with Crippen LogP contribution in [0.4, 0.5) is 8.78 Å². The van der Waals surface area contributed by atoms with Crippen LogP contribution in [-0.4, -0.2) is 21.8 Å². The van der Waals surface area contributed by atoms with Crippen molar-refractivity contribution >= 4 is 56.2 Å². The summed E-state index contributed by atoms with van der Waals surface area (Å²) in [6.45, 7) is 0. The van der Waals surface area contributed by atoms with Crippen molar-refractivity contribution in [2.45, 2.75) is 6.42 Å². The SMILES string of the molecule is O=C(Cc1scc(-c2ccc(Cl)cc2F)c1C(=O)O)c1nc2cccc(F)c2s1. The Morgan fingerprint density at radius 3 is 2.59 bits per heavy atom. The number of carbonyl (C=O) groups is 2. The van der Waals surface area contributed by atoms with Crippen LogP contribution in [0, 0.1) is 11.6 Å². The predicted octanol–water partition coefficient (Wildman–Crippen LogP) is 6.08. The molecule has 0 aliphatic rings. The minimum Gasteiger partial charge on any atom is -0.478 e. The van der Waals surface area contributed by atoms with Gasteiger partial charge in [0.25, 0.3) is 0 Å². The molecule has 2 heterocycles. The van der Waals surface area contributed by atoms with E-state index in [0.717, 1.165) is 28.7 Å². The number of aromatic carboxylic acids is 1. The first kappa shape index (κ1) is 19.6. The molecule has 2 aromatic heterocycles. The lowest BCUT2D eigenvalue weighted by Crippen LogP contribution is -2.07. The molecule has 0 spiro atoms. The molecule has 0 radical (unpaired) electrons. The Kier molecular flexibility index (Phi) is 5.16. The Balaban J connectivity index is 1.71. The minimum absolute atomic E-state index is 0.0869. The molecule has 0 bridgehead atoms. The van der Waals surface area contributed by atoms with Crippen molar-refractivity contribution in [3.05, 3.63) is 73.9 Å². The van der Waals surface area contributed by atoms with Gasteiger partial charge < -0.3 is 5.11 Å². The molecular weight excluding hydrogens is 440 g/mol. The molecule has 0 saturated carbocycles. The highest BCUT2D eigenvalue weighted by atomic mass is 35.5. The summed E-state index contributed by atoms with van der Waals surface area (Å²) in [7, 11) is 0. The fourth-order valence-corrected chi connectivity index (χ4v) is 5.03. The number of rotatable bonds is 5. The van der Waals surface area contributed by atoms with Gasteiger partial charge in [-0.25, -0.2) is 18.6 Å². The van der Waals surface area contributed by atoms with Crippen LogP contribution >= 0.6 is 34.3 Å². The van der Waals surface area contributed by atoms with Crippen molar-refractivity contribution in [1.29, 1.82) is 0 Å². The quantitative estimate of drug-likeness (QED) is 0.375. The van der Waals surface area contributed by atoms with Crippen LogP contribution in [0.15, 0.2) is 41.8 Å².